The van der Waals surface area contributed by atoms with Crippen molar-refractivity contribution >= 4 is 21.9 Å². The first-order chi connectivity index (χ1) is 26.0. The minimum absolute atomic E-state index is 0.322. The van der Waals surface area contributed by atoms with Gasteiger partial charge in [0.05, 0.1) is 0 Å². The predicted octanol–water partition coefficient (Wildman–Crippen LogP) is 14.4. The van der Waals surface area contributed by atoms with Crippen LogP contribution < -0.4 is 4.74 Å². The maximum Gasteiger partial charge on any atom is 0.178 e. The molecule has 252 valence electrons. The van der Waals surface area contributed by atoms with Crippen LogP contribution in [-0.4, -0.2) is 0 Å². The van der Waals surface area contributed by atoms with Crippen molar-refractivity contribution in [1.29, 1.82) is 0 Å². The van der Waals surface area contributed by atoms with E-state index < -0.39 is 0 Å². The molecule has 1 aliphatic rings. The van der Waals surface area contributed by atoms with Crippen molar-refractivity contribution in [2.75, 3.05) is 0 Å². The maximum absolute atomic E-state index is 6.81. The molecule has 10 rings (SSSR count). The lowest BCUT2D eigenvalue weighted by atomic mass is 9.74. The van der Waals surface area contributed by atoms with E-state index in [0.717, 1.165) is 55.7 Å². The second-order valence-corrected chi connectivity index (χ2v) is 14.5. The minimum Gasteiger partial charge on any atom is -0.453 e. The van der Waals surface area contributed by atoms with E-state index in [1.54, 1.807) is 0 Å². The molecule has 0 bridgehead atoms. The molecule has 2 nitrogen and oxygen atoms in total. The summed E-state index contributed by atoms with van der Waals surface area (Å²) >= 11 is 0. The molecule has 0 fully saturated rings. The third kappa shape index (κ3) is 5.34. The lowest BCUT2D eigenvalue weighted by molar-refractivity contribution is 0.415. The van der Waals surface area contributed by atoms with Gasteiger partial charge in [-0.25, -0.2) is 0 Å². The summed E-state index contributed by atoms with van der Waals surface area (Å²) in [6, 6.07) is 65.0. The molecule has 1 aliphatic heterocycles. The van der Waals surface area contributed by atoms with Crippen LogP contribution in [0.1, 0.15) is 25.0 Å². The van der Waals surface area contributed by atoms with Crippen molar-refractivity contribution in [3.63, 3.8) is 0 Å². The number of rotatable bonds is 5. The van der Waals surface area contributed by atoms with E-state index in [0.29, 0.717) is 0 Å². The van der Waals surface area contributed by atoms with Crippen LogP contribution in [0, 0.1) is 0 Å². The Labute approximate surface area is 309 Å². The third-order valence-corrected chi connectivity index (χ3v) is 10.9. The Morgan fingerprint density at radius 2 is 0.830 bits per heavy atom. The van der Waals surface area contributed by atoms with Gasteiger partial charge in [0, 0.05) is 27.3 Å². The van der Waals surface area contributed by atoms with E-state index in [1.165, 1.54) is 44.5 Å². The summed E-state index contributed by atoms with van der Waals surface area (Å²) in [6.07, 6.45) is 0. The normalized spacial score (nSPS) is 13.0. The molecule has 8 aromatic carbocycles. The molecule has 0 aliphatic carbocycles. The monoisotopic (exact) mass is 680 g/mol. The first-order valence-electron chi connectivity index (χ1n) is 18.2. The average Bonchev–Trinajstić information content (AvgIpc) is 3.60. The van der Waals surface area contributed by atoms with Crippen LogP contribution in [0.3, 0.4) is 0 Å². The fourth-order valence-corrected chi connectivity index (χ4v) is 8.01. The lowest BCUT2D eigenvalue weighted by Gasteiger charge is -2.34. The van der Waals surface area contributed by atoms with Gasteiger partial charge in [-0.2, -0.15) is 0 Å². The smallest absolute Gasteiger partial charge is 0.178 e. The SMILES string of the molecule is CC1(C)c2cc(-c3cc(-c4ccccc4)cc(-c4ccccc4)c3)ccc2Oc2c1ccc1c2oc2ccc(-c3ccc(-c4ccccc4)cc3)cc21. The Morgan fingerprint density at radius 3 is 1.43 bits per heavy atom. The topological polar surface area (TPSA) is 22.4 Å². The van der Waals surface area contributed by atoms with Gasteiger partial charge in [-0.05, 0) is 104 Å². The van der Waals surface area contributed by atoms with Crippen LogP contribution in [0.25, 0.3) is 77.6 Å². The number of benzene rings is 8. The highest BCUT2D eigenvalue weighted by Gasteiger charge is 2.36. The summed E-state index contributed by atoms with van der Waals surface area (Å²) in [7, 11) is 0. The number of hydrogen-bond donors (Lipinski definition) is 0. The van der Waals surface area contributed by atoms with Crippen LogP contribution in [0.2, 0.25) is 0 Å². The molecule has 53 heavy (non-hydrogen) atoms. The summed E-state index contributed by atoms with van der Waals surface area (Å²) in [6.45, 7) is 4.58. The quantitative estimate of drug-likeness (QED) is 0.181. The summed E-state index contributed by atoms with van der Waals surface area (Å²) in [5.74, 6) is 1.66. The Balaban J connectivity index is 1.03. The van der Waals surface area contributed by atoms with Crippen molar-refractivity contribution in [2.45, 2.75) is 19.3 Å². The van der Waals surface area contributed by atoms with Crippen molar-refractivity contribution in [2.24, 2.45) is 0 Å². The zero-order chi connectivity index (χ0) is 35.5. The summed E-state index contributed by atoms with van der Waals surface area (Å²) in [5, 5.41) is 2.14. The summed E-state index contributed by atoms with van der Waals surface area (Å²) in [5.41, 5.74) is 15.5. The average molecular weight is 681 g/mol. The summed E-state index contributed by atoms with van der Waals surface area (Å²) in [4.78, 5) is 0. The Kier molecular flexibility index (Phi) is 7.19. The van der Waals surface area contributed by atoms with Gasteiger partial charge in [0.25, 0.3) is 0 Å². The van der Waals surface area contributed by atoms with Gasteiger partial charge in [-0.15, -0.1) is 0 Å². The highest BCUT2D eigenvalue weighted by atomic mass is 16.5. The van der Waals surface area contributed by atoms with E-state index in [2.05, 4.69) is 196 Å². The van der Waals surface area contributed by atoms with Gasteiger partial charge in [-0.1, -0.05) is 147 Å². The molecule has 0 atom stereocenters. The first-order valence-corrected chi connectivity index (χ1v) is 18.2. The number of fused-ring (bicyclic) bond motifs is 6. The molecule has 2 heteroatoms. The Bertz CT molecular complexity index is 2730. The van der Waals surface area contributed by atoms with Crippen molar-refractivity contribution in [3.05, 3.63) is 193 Å². The standard InChI is InChI=1S/C51H36O2/c1-51(2)45-25-24-43-44-31-38(37-20-18-36(19-21-37)33-12-6-3-7-13-33)22-26-47(44)52-49(43)50(45)53-48-27-23-39(32-46(48)51)42-29-40(34-14-8-4-9-15-34)28-41(30-42)35-16-10-5-11-17-35/h3-32H,1-2H3. The molecule has 0 radical (unpaired) electrons. The second-order valence-electron chi connectivity index (χ2n) is 14.5. The van der Waals surface area contributed by atoms with E-state index >= 15 is 0 Å². The molecule has 0 saturated heterocycles. The van der Waals surface area contributed by atoms with Gasteiger partial charge >= 0.3 is 0 Å². The molecule has 0 spiro atoms. The van der Waals surface area contributed by atoms with Crippen LogP contribution in [0.5, 0.6) is 11.5 Å². The molecule has 9 aromatic rings. The Hall–Kier alpha value is -6.64. The third-order valence-electron chi connectivity index (χ3n) is 10.9. The van der Waals surface area contributed by atoms with E-state index in [4.69, 9.17) is 9.15 Å². The molecule has 0 unspecified atom stereocenters. The van der Waals surface area contributed by atoms with Crippen LogP contribution >= 0.6 is 0 Å². The van der Waals surface area contributed by atoms with Crippen molar-refractivity contribution in [1.82, 2.24) is 0 Å². The summed E-state index contributed by atoms with van der Waals surface area (Å²) < 4.78 is 13.4. The van der Waals surface area contributed by atoms with Crippen LogP contribution in [0.4, 0.5) is 0 Å². The van der Waals surface area contributed by atoms with Gasteiger partial charge in [0.1, 0.15) is 11.3 Å². The molecule has 0 amide bonds. The van der Waals surface area contributed by atoms with Crippen LogP contribution in [-0.2, 0) is 5.41 Å². The molecule has 1 aromatic heterocycles. The second kappa shape index (κ2) is 12.3. The fraction of sp³-hybridized carbons (Fsp3) is 0.0588. The number of furan rings is 1. The van der Waals surface area contributed by atoms with E-state index in [1.807, 2.05) is 0 Å². The number of ether oxygens (including phenoxy) is 1. The predicted molar refractivity (Wildman–Crippen MR) is 220 cm³/mol. The molecule has 0 N–H and O–H groups in total. The van der Waals surface area contributed by atoms with Crippen molar-refractivity contribution in [3.8, 4) is 67.1 Å². The fourth-order valence-electron chi connectivity index (χ4n) is 8.01. The van der Waals surface area contributed by atoms with Gasteiger partial charge in [0.2, 0.25) is 0 Å². The van der Waals surface area contributed by atoms with Crippen LogP contribution in [0.15, 0.2) is 186 Å². The largest absolute Gasteiger partial charge is 0.453 e. The lowest BCUT2D eigenvalue weighted by Crippen LogP contribution is -2.24. The van der Waals surface area contributed by atoms with Crippen molar-refractivity contribution < 1.29 is 9.15 Å². The zero-order valence-corrected chi connectivity index (χ0v) is 29.6. The van der Waals surface area contributed by atoms with Gasteiger partial charge in [-0.3, -0.25) is 0 Å². The zero-order valence-electron chi connectivity index (χ0n) is 29.6. The molecule has 2 heterocycles. The van der Waals surface area contributed by atoms with Gasteiger partial charge < -0.3 is 9.15 Å². The highest BCUT2D eigenvalue weighted by molar-refractivity contribution is 6.09. The van der Waals surface area contributed by atoms with E-state index in [9.17, 15) is 0 Å². The number of hydrogen-bond acceptors (Lipinski definition) is 2. The molecular formula is C51H36O2. The molecular weight excluding hydrogens is 645 g/mol. The van der Waals surface area contributed by atoms with E-state index in [-0.39, 0.29) is 5.41 Å². The highest BCUT2D eigenvalue weighted by Crippen LogP contribution is 2.52. The minimum atomic E-state index is -0.322. The van der Waals surface area contributed by atoms with Gasteiger partial charge in [0.15, 0.2) is 11.3 Å². The Morgan fingerprint density at radius 1 is 0.358 bits per heavy atom. The molecule has 0 saturated carbocycles. The first kappa shape index (κ1) is 31.1. The maximum atomic E-state index is 6.81.